The third kappa shape index (κ3) is 3.62. The fourth-order valence-corrected chi connectivity index (χ4v) is 2.92. The standard InChI is InChI=1S/C19H23N3O2/c1-14-11-22(17-10-16(20)8-9-18(17)24-14)13-19(23)21(2)12-15-6-4-3-5-7-15/h3-10,14H,11-13,20H2,1-2H3. The summed E-state index contributed by atoms with van der Waals surface area (Å²) >= 11 is 0. The minimum Gasteiger partial charge on any atom is -0.487 e. The molecule has 0 saturated carbocycles. The summed E-state index contributed by atoms with van der Waals surface area (Å²) in [6.07, 6.45) is 0.0355. The molecule has 0 bridgehead atoms. The summed E-state index contributed by atoms with van der Waals surface area (Å²) in [6.45, 7) is 3.59. The second-order valence-electron chi connectivity index (χ2n) is 6.27. The van der Waals surface area contributed by atoms with Crippen molar-refractivity contribution in [2.45, 2.75) is 19.6 Å². The number of ether oxygens (including phenoxy) is 1. The lowest BCUT2D eigenvalue weighted by molar-refractivity contribution is -0.129. The number of carbonyl (C=O) groups is 1. The van der Waals surface area contributed by atoms with E-state index in [1.165, 1.54) is 0 Å². The SMILES string of the molecule is CC1CN(CC(=O)N(C)Cc2ccccc2)c2cc(N)ccc2O1. The Labute approximate surface area is 142 Å². The lowest BCUT2D eigenvalue weighted by Crippen LogP contribution is -2.44. The van der Waals surface area contributed by atoms with Gasteiger partial charge in [0, 0.05) is 19.3 Å². The van der Waals surface area contributed by atoms with Crippen molar-refractivity contribution in [1.29, 1.82) is 0 Å². The Morgan fingerprint density at radius 1 is 1.29 bits per heavy atom. The van der Waals surface area contributed by atoms with E-state index in [-0.39, 0.29) is 12.0 Å². The van der Waals surface area contributed by atoms with Gasteiger partial charge in [0.15, 0.2) is 0 Å². The van der Waals surface area contributed by atoms with Gasteiger partial charge >= 0.3 is 0 Å². The minimum atomic E-state index is 0.0355. The molecule has 5 heteroatoms. The van der Waals surface area contributed by atoms with Crippen LogP contribution in [-0.4, -0.2) is 37.0 Å². The largest absolute Gasteiger partial charge is 0.487 e. The Bertz CT molecular complexity index is 718. The number of rotatable bonds is 4. The Balaban J connectivity index is 1.71. The second-order valence-corrected chi connectivity index (χ2v) is 6.27. The molecule has 0 aromatic heterocycles. The predicted molar refractivity (Wildman–Crippen MR) is 96.1 cm³/mol. The van der Waals surface area contributed by atoms with Crippen LogP contribution in [0.2, 0.25) is 0 Å². The number of carbonyl (C=O) groups excluding carboxylic acids is 1. The van der Waals surface area contributed by atoms with Crippen LogP contribution in [0.1, 0.15) is 12.5 Å². The summed E-state index contributed by atoms with van der Waals surface area (Å²) in [7, 11) is 1.83. The number of hydrogen-bond acceptors (Lipinski definition) is 4. The number of nitrogens with two attached hydrogens (primary N) is 1. The van der Waals surface area contributed by atoms with E-state index >= 15 is 0 Å². The Kier molecular flexibility index (Phi) is 4.60. The monoisotopic (exact) mass is 325 g/mol. The zero-order chi connectivity index (χ0) is 17.1. The molecule has 1 aliphatic heterocycles. The Hall–Kier alpha value is -2.69. The number of anilines is 2. The van der Waals surface area contributed by atoms with Crippen LogP contribution in [0.3, 0.4) is 0 Å². The van der Waals surface area contributed by atoms with Gasteiger partial charge in [-0.2, -0.15) is 0 Å². The highest BCUT2D eigenvalue weighted by Gasteiger charge is 2.25. The number of amides is 1. The highest BCUT2D eigenvalue weighted by atomic mass is 16.5. The molecule has 126 valence electrons. The maximum absolute atomic E-state index is 12.6. The highest BCUT2D eigenvalue weighted by molar-refractivity contribution is 5.82. The van der Waals surface area contributed by atoms with Crippen LogP contribution in [0.15, 0.2) is 48.5 Å². The van der Waals surface area contributed by atoms with Crippen molar-refractivity contribution in [3.05, 3.63) is 54.1 Å². The first-order valence-electron chi connectivity index (χ1n) is 8.12. The molecule has 2 aromatic rings. The van der Waals surface area contributed by atoms with E-state index in [0.29, 0.717) is 25.3 Å². The summed E-state index contributed by atoms with van der Waals surface area (Å²) in [6, 6.07) is 15.5. The maximum atomic E-state index is 12.6. The zero-order valence-corrected chi connectivity index (χ0v) is 14.1. The molecule has 0 spiro atoms. The molecular formula is C19H23N3O2. The number of nitrogens with zero attached hydrogens (tertiary/aromatic N) is 2. The van der Waals surface area contributed by atoms with E-state index in [4.69, 9.17) is 10.5 Å². The number of fused-ring (bicyclic) bond motifs is 1. The average molecular weight is 325 g/mol. The fourth-order valence-electron chi connectivity index (χ4n) is 2.92. The van der Waals surface area contributed by atoms with Crippen molar-refractivity contribution in [2.75, 3.05) is 30.8 Å². The summed E-state index contributed by atoms with van der Waals surface area (Å²) in [5.74, 6) is 0.850. The van der Waals surface area contributed by atoms with Crippen molar-refractivity contribution in [2.24, 2.45) is 0 Å². The maximum Gasteiger partial charge on any atom is 0.242 e. The molecule has 1 aliphatic rings. The molecule has 0 fully saturated rings. The summed E-state index contributed by atoms with van der Waals surface area (Å²) < 4.78 is 5.83. The van der Waals surface area contributed by atoms with Gasteiger partial charge in [-0.05, 0) is 30.7 Å². The van der Waals surface area contributed by atoms with Crippen LogP contribution in [0, 0.1) is 0 Å². The average Bonchev–Trinajstić information content (AvgIpc) is 2.56. The van der Waals surface area contributed by atoms with Crippen LogP contribution < -0.4 is 15.4 Å². The number of hydrogen-bond donors (Lipinski definition) is 1. The van der Waals surface area contributed by atoms with Crippen molar-refractivity contribution < 1.29 is 9.53 Å². The lowest BCUT2D eigenvalue weighted by Gasteiger charge is -2.35. The third-order valence-electron chi connectivity index (χ3n) is 4.14. The number of likely N-dealkylation sites (N-methyl/N-ethyl adjacent to an activating group) is 1. The van der Waals surface area contributed by atoms with E-state index in [2.05, 4.69) is 0 Å². The van der Waals surface area contributed by atoms with E-state index in [9.17, 15) is 4.79 Å². The smallest absolute Gasteiger partial charge is 0.242 e. The molecule has 0 saturated heterocycles. The first-order valence-corrected chi connectivity index (χ1v) is 8.12. The molecule has 0 radical (unpaired) electrons. The molecule has 1 heterocycles. The van der Waals surface area contributed by atoms with Crippen molar-refractivity contribution in [3.8, 4) is 5.75 Å². The molecule has 2 aromatic carbocycles. The Morgan fingerprint density at radius 3 is 2.79 bits per heavy atom. The molecule has 1 atom stereocenters. The topological polar surface area (TPSA) is 58.8 Å². The first-order chi connectivity index (χ1) is 11.5. The van der Waals surface area contributed by atoms with E-state index in [0.717, 1.165) is 17.0 Å². The molecule has 24 heavy (non-hydrogen) atoms. The highest BCUT2D eigenvalue weighted by Crippen LogP contribution is 2.34. The zero-order valence-electron chi connectivity index (χ0n) is 14.1. The molecular weight excluding hydrogens is 302 g/mol. The van der Waals surface area contributed by atoms with Crippen molar-refractivity contribution in [3.63, 3.8) is 0 Å². The lowest BCUT2D eigenvalue weighted by atomic mass is 10.1. The van der Waals surface area contributed by atoms with Gasteiger partial charge in [0.1, 0.15) is 11.9 Å². The van der Waals surface area contributed by atoms with Crippen LogP contribution in [-0.2, 0) is 11.3 Å². The van der Waals surface area contributed by atoms with Gasteiger partial charge in [-0.1, -0.05) is 30.3 Å². The van der Waals surface area contributed by atoms with Gasteiger partial charge in [0.2, 0.25) is 5.91 Å². The van der Waals surface area contributed by atoms with Gasteiger partial charge < -0.3 is 20.3 Å². The van der Waals surface area contributed by atoms with Gasteiger partial charge in [-0.25, -0.2) is 0 Å². The summed E-state index contributed by atoms with van der Waals surface area (Å²) in [5, 5.41) is 0. The molecule has 1 unspecified atom stereocenters. The molecule has 0 aliphatic carbocycles. The fraction of sp³-hybridized carbons (Fsp3) is 0.316. The van der Waals surface area contributed by atoms with Crippen LogP contribution >= 0.6 is 0 Å². The van der Waals surface area contributed by atoms with Gasteiger partial charge in [0.25, 0.3) is 0 Å². The molecule has 3 rings (SSSR count). The normalized spacial score (nSPS) is 16.2. The third-order valence-corrected chi connectivity index (χ3v) is 4.14. The van der Waals surface area contributed by atoms with E-state index in [1.807, 2.05) is 67.4 Å². The van der Waals surface area contributed by atoms with Crippen LogP contribution in [0.5, 0.6) is 5.75 Å². The van der Waals surface area contributed by atoms with Gasteiger partial charge in [-0.3, -0.25) is 4.79 Å². The van der Waals surface area contributed by atoms with Crippen molar-refractivity contribution >= 4 is 17.3 Å². The van der Waals surface area contributed by atoms with Crippen LogP contribution in [0.4, 0.5) is 11.4 Å². The molecule has 2 N–H and O–H groups in total. The van der Waals surface area contributed by atoms with Gasteiger partial charge in [0.05, 0.1) is 18.8 Å². The molecule has 5 nitrogen and oxygen atoms in total. The molecule has 1 amide bonds. The summed E-state index contributed by atoms with van der Waals surface area (Å²) in [5.41, 5.74) is 8.57. The summed E-state index contributed by atoms with van der Waals surface area (Å²) in [4.78, 5) is 16.4. The van der Waals surface area contributed by atoms with E-state index < -0.39 is 0 Å². The van der Waals surface area contributed by atoms with Crippen molar-refractivity contribution in [1.82, 2.24) is 4.90 Å². The second kappa shape index (κ2) is 6.83. The Morgan fingerprint density at radius 2 is 2.04 bits per heavy atom. The number of benzene rings is 2. The number of nitrogen functional groups attached to an aromatic ring is 1. The first kappa shape index (κ1) is 16.2. The predicted octanol–water partition coefficient (Wildman–Crippen LogP) is 2.51. The minimum absolute atomic E-state index is 0.0355. The van der Waals surface area contributed by atoms with Gasteiger partial charge in [-0.15, -0.1) is 0 Å². The van der Waals surface area contributed by atoms with Crippen LogP contribution in [0.25, 0.3) is 0 Å². The van der Waals surface area contributed by atoms with E-state index in [1.54, 1.807) is 4.90 Å². The quantitative estimate of drug-likeness (QED) is 0.878.